The number of sulfone groups is 1. The summed E-state index contributed by atoms with van der Waals surface area (Å²) in [7, 11) is -3.77. The molecular formula is C16H14Cl2O3S. The van der Waals surface area contributed by atoms with Crippen LogP contribution in [-0.2, 0) is 22.7 Å². The van der Waals surface area contributed by atoms with Gasteiger partial charge in [-0.05, 0) is 55.0 Å². The van der Waals surface area contributed by atoms with Crippen molar-refractivity contribution in [1.82, 2.24) is 0 Å². The molecule has 116 valence electrons. The van der Waals surface area contributed by atoms with E-state index in [0.29, 0.717) is 0 Å². The molecule has 3 nitrogen and oxygen atoms in total. The Morgan fingerprint density at radius 2 is 1.59 bits per heavy atom. The van der Waals surface area contributed by atoms with E-state index in [-0.39, 0.29) is 25.6 Å². The minimum absolute atomic E-state index is 0.0408. The topological polar surface area (TPSA) is 54.4 Å². The molecule has 0 atom stereocenters. The minimum Gasteiger partial charge on any atom is -0.506 e. The lowest BCUT2D eigenvalue weighted by atomic mass is 9.92. The molecule has 3 rings (SSSR count). The van der Waals surface area contributed by atoms with Crippen molar-refractivity contribution in [3.63, 3.8) is 0 Å². The number of phenols is 1. The number of aryl methyl sites for hydroxylation is 2. The molecule has 6 heteroatoms. The van der Waals surface area contributed by atoms with Gasteiger partial charge in [0.05, 0.1) is 19.8 Å². The van der Waals surface area contributed by atoms with Gasteiger partial charge in [0.2, 0.25) is 9.84 Å². The lowest BCUT2D eigenvalue weighted by Crippen LogP contribution is -2.07. The predicted octanol–water partition coefficient (Wildman–Crippen LogP) is 4.41. The number of fused-ring (bicyclic) bond motifs is 1. The average Bonchev–Trinajstić information content (AvgIpc) is 2.50. The molecule has 0 spiro atoms. The van der Waals surface area contributed by atoms with E-state index in [4.69, 9.17) is 23.2 Å². The Labute approximate surface area is 139 Å². The van der Waals surface area contributed by atoms with E-state index in [2.05, 4.69) is 0 Å². The maximum absolute atomic E-state index is 12.8. The van der Waals surface area contributed by atoms with Crippen molar-refractivity contribution in [1.29, 1.82) is 0 Å². The first kappa shape index (κ1) is 15.7. The van der Waals surface area contributed by atoms with Crippen molar-refractivity contribution in [3.05, 3.63) is 51.5 Å². The Hall–Kier alpha value is -1.23. The van der Waals surface area contributed by atoms with Crippen molar-refractivity contribution in [2.45, 2.75) is 35.5 Å². The third-order valence-electron chi connectivity index (χ3n) is 3.92. The van der Waals surface area contributed by atoms with Gasteiger partial charge in [-0.2, -0.15) is 0 Å². The Balaban J connectivity index is 2.12. The van der Waals surface area contributed by atoms with Gasteiger partial charge in [0, 0.05) is 6.07 Å². The van der Waals surface area contributed by atoms with E-state index >= 15 is 0 Å². The SMILES string of the molecule is O=S(=O)(c1ccc2c(c1)CCCC2)c1cc(Cl)c(O)cc1Cl. The van der Waals surface area contributed by atoms with Crippen molar-refractivity contribution in [3.8, 4) is 5.75 Å². The molecule has 2 aromatic carbocycles. The van der Waals surface area contributed by atoms with Crippen molar-refractivity contribution < 1.29 is 13.5 Å². The van der Waals surface area contributed by atoms with Crippen LogP contribution in [0.1, 0.15) is 24.0 Å². The average molecular weight is 357 g/mol. The smallest absolute Gasteiger partial charge is 0.208 e. The molecule has 0 aromatic heterocycles. The molecular weight excluding hydrogens is 343 g/mol. The summed E-state index contributed by atoms with van der Waals surface area (Å²) in [6.07, 6.45) is 4.09. The van der Waals surface area contributed by atoms with Crippen LogP contribution in [0.25, 0.3) is 0 Å². The van der Waals surface area contributed by atoms with Gasteiger partial charge < -0.3 is 5.11 Å². The first-order chi connectivity index (χ1) is 10.4. The second-order valence-corrected chi connectivity index (χ2v) is 8.11. The van der Waals surface area contributed by atoms with Gasteiger partial charge in [0.25, 0.3) is 0 Å². The second kappa shape index (κ2) is 5.76. The van der Waals surface area contributed by atoms with Crippen LogP contribution in [-0.4, -0.2) is 13.5 Å². The lowest BCUT2D eigenvalue weighted by molar-refractivity contribution is 0.475. The zero-order chi connectivity index (χ0) is 15.9. The van der Waals surface area contributed by atoms with Crippen LogP contribution in [0.4, 0.5) is 0 Å². The maximum Gasteiger partial charge on any atom is 0.208 e. The quantitative estimate of drug-likeness (QED) is 0.866. The molecule has 1 aliphatic rings. The molecule has 0 bridgehead atoms. The molecule has 1 N–H and O–H groups in total. The number of hydrogen-bond donors (Lipinski definition) is 1. The van der Waals surface area contributed by atoms with E-state index in [1.165, 1.54) is 11.6 Å². The summed E-state index contributed by atoms with van der Waals surface area (Å²) in [5.41, 5.74) is 2.29. The predicted molar refractivity (Wildman–Crippen MR) is 86.7 cm³/mol. The molecule has 22 heavy (non-hydrogen) atoms. The van der Waals surface area contributed by atoms with E-state index < -0.39 is 9.84 Å². The van der Waals surface area contributed by atoms with Crippen molar-refractivity contribution in [2.24, 2.45) is 0 Å². The summed E-state index contributed by atoms with van der Waals surface area (Å²) in [5.74, 6) is -0.240. The summed E-state index contributed by atoms with van der Waals surface area (Å²) in [6, 6.07) is 7.54. The maximum atomic E-state index is 12.8. The lowest BCUT2D eigenvalue weighted by Gasteiger charge is -2.17. The van der Waals surface area contributed by atoms with Crippen LogP contribution in [0.15, 0.2) is 40.1 Å². The molecule has 2 aromatic rings. The highest BCUT2D eigenvalue weighted by Crippen LogP contribution is 2.36. The third-order valence-corrected chi connectivity index (χ3v) is 6.44. The van der Waals surface area contributed by atoms with Crippen LogP contribution in [0.2, 0.25) is 10.0 Å². The summed E-state index contributed by atoms with van der Waals surface area (Å²) in [6.45, 7) is 0. The largest absolute Gasteiger partial charge is 0.506 e. The molecule has 0 heterocycles. The van der Waals surface area contributed by atoms with Gasteiger partial charge in [0.1, 0.15) is 5.75 Å². The van der Waals surface area contributed by atoms with Gasteiger partial charge in [0.15, 0.2) is 0 Å². The molecule has 0 saturated heterocycles. The van der Waals surface area contributed by atoms with Gasteiger partial charge in [-0.25, -0.2) is 8.42 Å². The van der Waals surface area contributed by atoms with Crippen molar-refractivity contribution >= 4 is 33.0 Å². The molecule has 0 amide bonds. The molecule has 0 aliphatic heterocycles. The zero-order valence-corrected chi connectivity index (χ0v) is 14.0. The normalized spacial score (nSPS) is 14.6. The van der Waals surface area contributed by atoms with Crippen LogP contribution in [0, 0.1) is 0 Å². The molecule has 0 unspecified atom stereocenters. The van der Waals surface area contributed by atoms with E-state index in [1.807, 2.05) is 6.07 Å². The van der Waals surface area contributed by atoms with Gasteiger partial charge in [-0.3, -0.25) is 0 Å². The summed E-state index contributed by atoms with van der Waals surface area (Å²) in [4.78, 5) is 0.115. The van der Waals surface area contributed by atoms with Crippen molar-refractivity contribution in [2.75, 3.05) is 0 Å². The number of hydrogen-bond acceptors (Lipinski definition) is 3. The zero-order valence-electron chi connectivity index (χ0n) is 11.6. The number of halogens is 2. The Morgan fingerprint density at radius 1 is 0.909 bits per heavy atom. The Kier molecular flexibility index (Phi) is 4.10. The van der Waals surface area contributed by atoms with Crippen LogP contribution < -0.4 is 0 Å². The number of aromatic hydroxyl groups is 1. The Bertz CT molecular complexity index is 845. The highest BCUT2D eigenvalue weighted by Gasteiger charge is 2.24. The molecule has 0 fully saturated rings. The number of phenolic OH excluding ortho intramolecular Hbond substituents is 1. The summed E-state index contributed by atoms with van der Waals surface area (Å²) < 4.78 is 25.6. The minimum atomic E-state index is -3.77. The van der Waals surface area contributed by atoms with E-state index in [9.17, 15) is 13.5 Å². The second-order valence-electron chi connectivity index (χ2n) is 5.38. The highest BCUT2D eigenvalue weighted by atomic mass is 35.5. The van der Waals surface area contributed by atoms with Crippen LogP contribution in [0.5, 0.6) is 5.75 Å². The fourth-order valence-corrected chi connectivity index (χ4v) is 4.81. The standard InChI is InChI=1S/C16H14Cl2O3S/c17-13-9-16(14(18)8-15(13)19)22(20,21)12-6-5-10-3-1-2-4-11(10)7-12/h5-9,19H,1-4H2. The first-order valence-electron chi connectivity index (χ1n) is 6.94. The molecule has 0 radical (unpaired) electrons. The van der Waals surface area contributed by atoms with Crippen LogP contribution in [0.3, 0.4) is 0 Å². The monoisotopic (exact) mass is 356 g/mol. The van der Waals surface area contributed by atoms with E-state index in [0.717, 1.165) is 37.3 Å². The first-order valence-corrected chi connectivity index (χ1v) is 9.18. The van der Waals surface area contributed by atoms with Gasteiger partial charge in [-0.1, -0.05) is 29.3 Å². The number of rotatable bonds is 2. The number of benzene rings is 2. The van der Waals surface area contributed by atoms with E-state index in [1.54, 1.807) is 12.1 Å². The summed E-state index contributed by atoms with van der Waals surface area (Å²) >= 11 is 11.8. The highest BCUT2D eigenvalue weighted by molar-refractivity contribution is 7.91. The fourth-order valence-electron chi connectivity index (χ4n) is 2.73. The fraction of sp³-hybridized carbons (Fsp3) is 0.250. The molecule has 1 aliphatic carbocycles. The molecule has 0 saturated carbocycles. The van der Waals surface area contributed by atoms with Gasteiger partial charge in [-0.15, -0.1) is 0 Å². The Morgan fingerprint density at radius 3 is 2.32 bits per heavy atom. The van der Waals surface area contributed by atoms with Gasteiger partial charge >= 0.3 is 0 Å². The third kappa shape index (κ3) is 2.71. The summed E-state index contributed by atoms with van der Waals surface area (Å²) in [5, 5.41) is 9.42. The van der Waals surface area contributed by atoms with Crippen LogP contribution >= 0.6 is 23.2 Å².